The standard InChI is InChI=1S/C21H15F2N3O/c22-14-7-5-13(6-8-14)19-20(17-3-1-2-4-18(17)25-19)26-21(27)24-16-11-9-15(23)10-12-16/h1-12,25H,(H2,24,26,27). The number of rotatable bonds is 3. The third-order valence-corrected chi connectivity index (χ3v) is 4.18. The highest BCUT2D eigenvalue weighted by Crippen LogP contribution is 2.35. The molecule has 3 N–H and O–H groups in total. The number of benzene rings is 3. The van der Waals surface area contributed by atoms with Crippen LogP contribution in [-0.2, 0) is 0 Å². The van der Waals surface area contributed by atoms with Crippen molar-refractivity contribution in [3.63, 3.8) is 0 Å². The number of aromatic amines is 1. The molecule has 0 saturated heterocycles. The summed E-state index contributed by atoms with van der Waals surface area (Å²) >= 11 is 0. The van der Waals surface area contributed by atoms with Crippen molar-refractivity contribution in [3.8, 4) is 11.3 Å². The van der Waals surface area contributed by atoms with Crippen molar-refractivity contribution in [3.05, 3.63) is 84.4 Å². The number of para-hydroxylation sites is 1. The highest BCUT2D eigenvalue weighted by atomic mass is 19.1. The Balaban J connectivity index is 1.69. The molecule has 0 aliphatic carbocycles. The van der Waals surface area contributed by atoms with Gasteiger partial charge in [0.05, 0.1) is 11.4 Å². The summed E-state index contributed by atoms with van der Waals surface area (Å²) in [6, 6.07) is 18.6. The van der Waals surface area contributed by atoms with Crippen molar-refractivity contribution in [2.45, 2.75) is 0 Å². The second-order valence-corrected chi connectivity index (χ2v) is 6.01. The first-order chi connectivity index (χ1) is 13.1. The summed E-state index contributed by atoms with van der Waals surface area (Å²) in [5.41, 5.74) is 3.30. The van der Waals surface area contributed by atoms with Gasteiger partial charge in [0, 0.05) is 22.2 Å². The summed E-state index contributed by atoms with van der Waals surface area (Å²) in [6.07, 6.45) is 0. The summed E-state index contributed by atoms with van der Waals surface area (Å²) in [7, 11) is 0. The number of carbonyl (C=O) groups is 1. The molecular formula is C21H15F2N3O. The van der Waals surface area contributed by atoms with Crippen molar-refractivity contribution in [1.29, 1.82) is 0 Å². The Morgan fingerprint density at radius 1 is 0.778 bits per heavy atom. The lowest BCUT2D eigenvalue weighted by Gasteiger charge is -2.09. The van der Waals surface area contributed by atoms with Gasteiger partial charge in [-0.1, -0.05) is 18.2 Å². The molecular weight excluding hydrogens is 348 g/mol. The first kappa shape index (κ1) is 16.8. The van der Waals surface area contributed by atoms with Crippen LogP contribution in [0.15, 0.2) is 72.8 Å². The fourth-order valence-corrected chi connectivity index (χ4v) is 2.91. The van der Waals surface area contributed by atoms with Gasteiger partial charge >= 0.3 is 6.03 Å². The van der Waals surface area contributed by atoms with Crippen molar-refractivity contribution in [2.75, 3.05) is 10.6 Å². The van der Waals surface area contributed by atoms with Crippen LogP contribution < -0.4 is 10.6 Å². The highest BCUT2D eigenvalue weighted by molar-refractivity contribution is 6.10. The number of halogens is 2. The largest absolute Gasteiger partial charge is 0.353 e. The average Bonchev–Trinajstić information content (AvgIpc) is 3.03. The maximum atomic E-state index is 13.3. The van der Waals surface area contributed by atoms with E-state index in [9.17, 15) is 13.6 Å². The minimum atomic E-state index is -0.463. The number of anilines is 2. The predicted octanol–water partition coefficient (Wildman–Crippen LogP) is 5.76. The number of hydrogen-bond acceptors (Lipinski definition) is 1. The van der Waals surface area contributed by atoms with Crippen LogP contribution in [0.2, 0.25) is 0 Å². The zero-order valence-electron chi connectivity index (χ0n) is 14.1. The second-order valence-electron chi connectivity index (χ2n) is 6.01. The minimum absolute atomic E-state index is 0.335. The van der Waals surface area contributed by atoms with Gasteiger partial charge in [-0.15, -0.1) is 0 Å². The number of aromatic nitrogens is 1. The van der Waals surface area contributed by atoms with Crippen LogP contribution in [0.3, 0.4) is 0 Å². The van der Waals surface area contributed by atoms with Gasteiger partial charge in [-0.25, -0.2) is 13.6 Å². The van der Waals surface area contributed by atoms with Crippen LogP contribution in [0.25, 0.3) is 22.2 Å². The molecule has 0 bridgehead atoms. The molecule has 0 aliphatic heterocycles. The Labute approximate surface area is 153 Å². The smallest absolute Gasteiger partial charge is 0.323 e. The van der Waals surface area contributed by atoms with E-state index in [1.807, 2.05) is 24.3 Å². The van der Waals surface area contributed by atoms with Gasteiger partial charge in [-0.2, -0.15) is 0 Å². The number of hydrogen-bond donors (Lipinski definition) is 3. The van der Waals surface area contributed by atoms with E-state index in [-0.39, 0.29) is 11.6 Å². The molecule has 1 heterocycles. The van der Waals surface area contributed by atoms with E-state index in [1.165, 1.54) is 36.4 Å². The van der Waals surface area contributed by atoms with Crippen LogP contribution >= 0.6 is 0 Å². The van der Waals surface area contributed by atoms with E-state index in [0.717, 1.165) is 16.5 Å². The number of H-pyrrole nitrogens is 1. The lowest BCUT2D eigenvalue weighted by molar-refractivity contribution is 0.262. The maximum absolute atomic E-state index is 13.3. The van der Waals surface area contributed by atoms with Gasteiger partial charge in [-0.3, -0.25) is 0 Å². The predicted molar refractivity (Wildman–Crippen MR) is 103 cm³/mol. The molecule has 0 fully saturated rings. The molecule has 0 saturated carbocycles. The maximum Gasteiger partial charge on any atom is 0.323 e. The minimum Gasteiger partial charge on any atom is -0.353 e. The molecule has 1 aromatic heterocycles. The van der Waals surface area contributed by atoms with Gasteiger partial charge in [0.25, 0.3) is 0 Å². The molecule has 0 atom stereocenters. The first-order valence-corrected chi connectivity index (χ1v) is 8.30. The van der Waals surface area contributed by atoms with Gasteiger partial charge in [0.1, 0.15) is 11.6 Å². The van der Waals surface area contributed by atoms with Gasteiger partial charge in [0.15, 0.2) is 0 Å². The Hall–Kier alpha value is -3.67. The van der Waals surface area contributed by atoms with Gasteiger partial charge < -0.3 is 15.6 Å². The zero-order valence-corrected chi connectivity index (χ0v) is 14.1. The molecule has 27 heavy (non-hydrogen) atoms. The van der Waals surface area contributed by atoms with E-state index < -0.39 is 6.03 Å². The van der Waals surface area contributed by atoms with Crippen LogP contribution in [0, 0.1) is 11.6 Å². The quantitative estimate of drug-likeness (QED) is 0.426. The van der Waals surface area contributed by atoms with Crippen LogP contribution in [-0.4, -0.2) is 11.0 Å². The molecule has 4 nitrogen and oxygen atoms in total. The third-order valence-electron chi connectivity index (χ3n) is 4.18. The lowest BCUT2D eigenvalue weighted by Crippen LogP contribution is -2.19. The Bertz CT molecular complexity index is 1100. The molecule has 4 rings (SSSR count). The fraction of sp³-hybridized carbons (Fsp3) is 0. The van der Waals surface area contributed by atoms with Gasteiger partial charge in [-0.05, 0) is 54.6 Å². The Kier molecular flexibility index (Phi) is 4.30. The molecule has 4 aromatic rings. The molecule has 3 aromatic carbocycles. The monoisotopic (exact) mass is 363 g/mol. The molecule has 0 aliphatic rings. The Morgan fingerprint density at radius 2 is 1.41 bits per heavy atom. The highest BCUT2D eigenvalue weighted by Gasteiger charge is 2.15. The summed E-state index contributed by atoms with van der Waals surface area (Å²) in [6.45, 7) is 0. The Morgan fingerprint density at radius 3 is 2.11 bits per heavy atom. The molecule has 0 radical (unpaired) electrons. The first-order valence-electron chi connectivity index (χ1n) is 8.30. The normalized spacial score (nSPS) is 10.7. The van der Waals surface area contributed by atoms with E-state index in [2.05, 4.69) is 15.6 Å². The van der Waals surface area contributed by atoms with Crippen molar-refractivity contribution in [2.24, 2.45) is 0 Å². The van der Waals surface area contributed by atoms with Crippen molar-refractivity contribution < 1.29 is 13.6 Å². The molecule has 0 unspecified atom stereocenters. The number of nitrogens with one attached hydrogen (secondary N) is 3. The number of fused-ring (bicyclic) bond motifs is 1. The van der Waals surface area contributed by atoms with Crippen LogP contribution in [0.4, 0.5) is 25.0 Å². The summed E-state index contributed by atoms with van der Waals surface area (Å²) < 4.78 is 26.3. The summed E-state index contributed by atoms with van der Waals surface area (Å²) in [5.74, 6) is -0.713. The molecule has 6 heteroatoms. The van der Waals surface area contributed by atoms with Crippen molar-refractivity contribution >= 4 is 28.3 Å². The summed E-state index contributed by atoms with van der Waals surface area (Å²) in [4.78, 5) is 15.7. The third kappa shape index (κ3) is 3.50. The zero-order chi connectivity index (χ0) is 18.8. The van der Waals surface area contributed by atoms with E-state index in [4.69, 9.17) is 0 Å². The lowest BCUT2D eigenvalue weighted by atomic mass is 10.1. The average molecular weight is 363 g/mol. The van der Waals surface area contributed by atoms with E-state index in [1.54, 1.807) is 12.1 Å². The summed E-state index contributed by atoms with van der Waals surface area (Å²) in [5, 5.41) is 6.34. The van der Waals surface area contributed by atoms with Crippen LogP contribution in [0.5, 0.6) is 0 Å². The van der Waals surface area contributed by atoms with E-state index in [0.29, 0.717) is 17.1 Å². The topological polar surface area (TPSA) is 56.9 Å². The number of urea groups is 1. The molecule has 2 amide bonds. The van der Waals surface area contributed by atoms with E-state index >= 15 is 0 Å². The van der Waals surface area contributed by atoms with Crippen LogP contribution in [0.1, 0.15) is 0 Å². The number of amides is 2. The second kappa shape index (κ2) is 6.92. The number of carbonyl (C=O) groups excluding carboxylic acids is 1. The van der Waals surface area contributed by atoms with Gasteiger partial charge in [0.2, 0.25) is 0 Å². The SMILES string of the molecule is O=C(Nc1ccc(F)cc1)Nc1c(-c2ccc(F)cc2)[nH]c2ccccc12. The molecule has 134 valence electrons. The fourth-order valence-electron chi connectivity index (χ4n) is 2.91. The molecule has 0 spiro atoms. The van der Waals surface area contributed by atoms with Crippen molar-refractivity contribution in [1.82, 2.24) is 4.98 Å².